The van der Waals surface area contributed by atoms with Gasteiger partial charge in [0.1, 0.15) is 5.69 Å². The zero-order valence-corrected chi connectivity index (χ0v) is 21.2. The molecule has 1 aliphatic rings. The van der Waals surface area contributed by atoms with Gasteiger partial charge in [0.15, 0.2) is 5.82 Å². The van der Waals surface area contributed by atoms with Crippen LogP contribution in [0.1, 0.15) is 18.9 Å². The van der Waals surface area contributed by atoms with Gasteiger partial charge in [-0.05, 0) is 35.5 Å². The van der Waals surface area contributed by atoms with E-state index in [1.54, 1.807) is 11.1 Å². The highest BCUT2D eigenvalue weighted by atomic mass is 32.1. The predicted octanol–water partition coefficient (Wildman–Crippen LogP) is 4.64. The van der Waals surface area contributed by atoms with E-state index in [1.165, 1.54) is 17.4 Å². The summed E-state index contributed by atoms with van der Waals surface area (Å²) < 4.78 is 29.9. The number of amides is 2. The second-order valence-electron chi connectivity index (χ2n) is 8.71. The number of benzene rings is 1. The number of thiophene rings is 1. The summed E-state index contributed by atoms with van der Waals surface area (Å²) in [6.45, 7) is 5.72. The molecule has 1 aliphatic heterocycles. The first kappa shape index (κ1) is 25.0. The van der Waals surface area contributed by atoms with Crippen molar-refractivity contribution in [1.29, 1.82) is 0 Å². The summed E-state index contributed by atoms with van der Waals surface area (Å²) in [5.41, 5.74) is 2.70. The molecular formula is C26H27F2N7OS. The maximum Gasteiger partial charge on any atom is 0.317 e. The van der Waals surface area contributed by atoms with Crippen molar-refractivity contribution >= 4 is 33.4 Å². The quantitative estimate of drug-likeness (QED) is 0.207. The van der Waals surface area contributed by atoms with Crippen molar-refractivity contribution in [2.45, 2.75) is 19.9 Å². The van der Waals surface area contributed by atoms with Crippen LogP contribution in [-0.2, 0) is 6.54 Å². The number of anilines is 1. The number of halogens is 2. The van der Waals surface area contributed by atoms with Gasteiger partial charge >= 0.3 is 6.03 Å². The molecule has 0 radical (unpaired) electrons. The molecule has 1 aromatic carbocycles. The number of carbonyl (C=O) groups excluding carboxylic acids is 1. The van der Waals surface area contributed by atoms with Crippen molar-refractivity contribution in [3.63, 3.8) is 0 Å². The van der Waals surface area contributed by atoms with Gasteiger partial charge in [-0.2, -0.15) is 4.39 Å². The minimum absolute atomic E-state index is 0.0954. The Labute approximate surface area is 217 Å². The van der Waals surface area contributed by atoms with Gasteiger partial charge in [-0.1, -0.05) is 25.1 Å². The number of nitrogens with zero attached hydrogens (tertiary/aromatic N) is 4. The minimum Gasteiger partial charge on any atom is -0.352 e. The molecule has 3 aromatic heterocycles. The lowest BCUT2D eigenvalue weighted by Gasteiger charge is -2.14. The third-order valence-corrected chi connectivity index (χ3v) is 7.31. The number of nitrogens with one attached hydrogen (secondary N) is 3. The molecule has 2 amide bonds. The van der Waals surface area contributed by atoms with Gasteiger partial charge in [-0.25, -0.2) is 24.1 Å². The summed E-state index contributed by atoms with van der Waals surface area (Å²) in [5, 5.41) is 10.1. The smallest absolute Gasteiger partial charge is 0.317 e. The van der Waals surface area contributed by atoms with E-state index < -0.39 is 11.8 Å². The van der Waals surface area contributed by atoms with E-state index in [-0.39, 0.29) is 17.7 Å². The van der Waals surface area contributed by atoms with E-state index in [0.29, 0.717) is 37.6 Å². The molecule has 4 heterocycles. The molecule has 0 atom stereocenters. The van der Waals surface area contributed by atoms with Crippen molar-refractivity contribution in [1.82, 2.24) is 30.5 Å². The van der Waals surface area contributed by atoms with E-state index in [0.717, 1.165) is 45.9 Å². The van der Waals surface area contributed by atoms with Crippen molar-refractivity contribution in [3.8, 4) is 21.7 Å². The predicted molar refractivity (Wildman–Crippen MR) is 141 cm³/mol. The Kier molecular flexibility index (Phi) is 7.52. The fourth-order valence-corrected chi connectivity index (χ4v) is 5.47. The number of hydrogen-bond donors (Lipinski definition) is 3. The third kappa shape index (κ3) is 5.52. The maximum absolute atomic E-state index is 14.8. The first-order valence-corrected chi connectivity index (χ1v) is 13.0. The molecule has 0 bridgehead atoms. The first-order valence-electron chi connectivity index (χ1n) is 12.2. The molecule has 37 heavy (non-hydrogen) atoms. The van der Waals surface area contributed by atoms with Gasteiger partial charge in [-0.15, -0.1) is 11.3 Å². The van der Waals surface area contributed by atoms with Crippen molar-refractivity contribution in [2.24, 2.45) is 0 Å². The van der Waals surface area contributed by atoms with Crippen LogP contribution in [-0.4, -0.2) is 58.6 Å². The molecule has 11 heteroatoms. The highest BCUT2D eigenvalue weighted by molar-refractivity contribution is 7.22. The van der Waals surface area contributed by atoms with Crippen molar-refractivity contribution in [2.75, 3.05) is 38.0 Å². The van der Waals surface area contributed by atoms with Gasteiger partial charge in [0.05, 0.1) is 11.1 Å². The lowest BCUT2D eigenvalue weighted by molar-refractivity contribution is 0.219. The number of pyridine rings is 1. The van der Waals surface area contributed by atoms with Crippen LogP contribution in [0, 0.1) is 11.8 Å². The second kappa shape index (κ2) is 11.1. The number of hydrogen-bond acceptors (Lipinski definition) is 7. The van der Waals surface area contributed by atoms with Crippen LogP contribution in [0.25, 0.3) is 31.8 Å². The highest BCUT2D eigenvalue weighted by Crippen LogP contribution is 2.40. The SMILES string of the molecule is CCCNCc1cnc(F)cc1-c1cccc2cc(-c3nc(NCCN4CCNC4=O)ncc3F)sc12. The Morgan fingerprint density at radius 1 is 1.14 bits per heavy atom. The average Bonchev–Trinajstić information content (AvgIpc) is 3.52. The largest absolute Gasteiger partial charge is 0.352 e. The maximum atomic E-state index is 14.8. The molecule has 0 spiro atoms. The fraction of sp³-hybridized carbons (Fsp3) is 0.308. The molecule has 0 unspecified atom stereocenters. The Morgan fingerprint density at radius 3 is 2.84 bits per heavy atom. The summed E-state index contributed by atoms with van der Waals surface area (Å²) in [7, 11) is 0. The zero-order chi connectivity index (χ0) is 25.8. The van der Waals surface area contributed by atoms with E-state index in [1.807, 2.05) is 24.3 Å². The summed E-state index contributed by atoms with van der Waals surface area (Å²) in [5.74, 6) is -0.793. The van der Waals surface area contributed by atoms with Crippen LogP contribution in [0.3, 0.4) is 0 Å². The number of urea groups is 1. The number of aromatic nitrogens is 3. The Hall–Kier alpha value is -3.70. The van der Waals surface area contributed by atoms with Crippen LogP contribution in [0.2, 0.25) is 0 Å². The topological polar surface area (TPSA) is 95.1 Å². The van der Waals surface area contributed by atoms with Crippen LogP contribution < -0.4 is 16.0 Å². The van der Waals surface area contributed by atoms with Crippen LogP contribution in [0.5, 0.6) is 0 Å². The molecule has 1 saturated heterocycles. The lowest BCUT2D eigenvalue weighted by Crippen LogP contribution is -2.32. The minimum atomic E-state index is -0.549. The van der Waals surface area contributed by atoms with Gasteiger partial charge in [0.25, 0.3) is 0 Å². The Balaban J connectivity index is 1.44. The van der Waals surface area contributed by atoms with E-state index in [4.69, 9.17) is 0 Å². The van der Waals surface area contributed by atoms with Crippen LogP contribution in [0.15, 0.2) is 42.7 Å². The van der Waals surface area contributed by atoms with Crippen LogP contribution in [0.4, 0.5) is 19.5 Å². The molecule has 0 saturated carbocycles. The summed E-state index contributed by atoms with van der Waals surface area (Å²) >= 11 is 1.40. The number of carbonyl (C=O) groups is 1. The molecule has 192 valence electrons. The molecule has 1 fully saturated rings. The molecule has 4 aromatic rings. The normalized spacial score (nSPS) is 13.4. The third-order valence-electron chi connectivity index (χ3n) is 6.12. The number of fused-ring (bicyclic) bond motifs is 1. The molecule has 3 N–H and O–H groups in total. The molecule has 5 rings (SSSR count). The first-order chi connectivity index (χ1) is 18.0. The van der Waals surface area contributed by atoms with Gasteiger partial charge < -0.3 is 20.9 Å². The summed E-state index contributed by atoms with van der Waals surface area (Å²) in [6.07, 6.45) is 3.70. The fourth-order valence-electron chi connectivity index (χ4n) is 4.29. The average molecular weight is 524 g/mol. The van der Waals surface area contributed by atoms with Gasteiger partial charge in [0, 0.05) is 55.3 Å². The molecule has 8 nitrogen and oxygen atoms in total. The van der Waals surface area contributed by atoms with Gasteiger partial charge in [-0.3, -0.25) is 0 Å². The molecule has 0 aliphatic carbocycles. The lowest BCUT2D eigenvalue weighted by atomic mass is 10.00. The Bertz CT molecular complexity index is 1430. The van der Waals surface area contributed by atoms with Crippen LogP contribution >= 0.6 is 11.3 Å². The summed E-state index contributed by atoms with van der Waals surface area (Å²) in [4.78, 5) is 26.4. The van der Waals surface area contributed by atoms with E-state index in [9.17, 15) is 13.6 Å². The monoisotopic (exact) mass is 523 g/mol. The van der Waals surface area contributed by atoms with Crippen molar-refractivity contribution < 1.29 is 13.6 Å². The standard InChI is InChI=1S/C26H27F2N7OS/c1-2-6-29-13-17-14-32-22(28)12-19(17)18-5-3-4-16-11-21(37-24(16)18)23-20(27)15-33-25(34-23)30-7-9-35-10-8-31-26(35)36/h3-5,11-12,14-15,29H,2,6-10,13H2,1H3,(H,31,36)(H,30,33,34). The molecular weight excluding hydrogens is 496 g/mol. The second-order valence-corrected chi connectivity index (χ2v) is 9.76. The van der Waals surface area contributed by atoms with E-state index >= 15 is 0 Å². The van der Waals surface area contributed by atoms with Gasteiger partial charge in [0.2, 0.25) is 11.9 Å². The number of rotatable bonds is 10. The zero-order valence-electron chi connectivity index (χ0n) is 20.4. The Morgan fingerprint density at radius 2 is 2.03 bits per heavy atom. The van der Waals surface area contributed by atoms with Crippen molar-refractivity contribution in [3.05, 3.63) is 60.1 Å². The summed E-state index contributed by atoms with van der Waals surface area (Å²) in [6, 6.07) is 9.05. The van der Waals surface area contributed by atoms with E-state index in [2.05, 4.69) is 37.8 Å². The highest BCUT2D eigenvalue weighted by Gasteiger charge is 2.19.